The zero-order chi connectivity index (χ0) is 13.1. The molecule has 0 radical (unpaired) electrons. The van der Waals surface area contributed by atoms with Crippen molar-refractivity contribution in [3.05, 3.63) is 29.3 Å². The first-order valence-electron chi connectivity index (χ1n) is 6.42. The van der Waals surface area contributed by atoms with Crippen LogP contribution in [0, 0.1) is 0 Å². The molecule has 1 saturated heterocycles. The fraction of sp³-hybridized carbons (Fsp3) is 0.500. The van der Waals surface area contributed by atoms with Crippen LogP contribution in [0.1, 0.15) is 35.7 Å². The van der Waals surface area contributed by atoms with Crippen molar-refractivity contribution in [1.82, 2.24) is 10.2 Å². The largest absolute Gasteiger partial charge is 0.508 e. The van der Waals surface area contributed by atoms with Crippen molar-refractivity contribution in [2.75, 3.05) is 26.2 Å². The predicted octanol–water partition coefficient (Wildman–Crippen LogP) is 1.56. The summed E-state index contributed by atoms with van der Waals surface area (Å²) in [6.45, 7) is 7.21. The Bertz CT molecular complexity index is 437. The second-order valence-corrected chi connectivity index (χ2v) is 4.97. The highest BCUT2D eigenvalue weighted by molar-refractivity contribution is 5.94. The fourth-order valence-corrected chi connectivity index (χ4v) is 2.20. The van der Waals surface area contributed by atoms with E-state index in [0.29, 0.717) is 5.56 Å². The lowest BCUT2D eigenvalue weighted by molar-refractivity contribution is 0.0735. The van der Waals surface area contributed by atoms with Crippen LogP contribution in [0.25, 0.3) is 0 Å². The van der Waals surface area contributed by atoms with Crippen molar-refractivity contribution in [1.29, 1.82) is 0 Å². The number of nitrogens with zero attached hydrogens (tertiary/aromatic N) is 1. The number of hydrogen-bond donors (Lipinski definition) is 2. The van der Waals surface area contributed by atoms with E-state index in [2.05, 4.69) is 5.32 Å². The minimum absolute atomic E-state index is 0.0541. The molecule has 0 aliphatic carbocycles. The predicted molar refractivity (Wildman–Crippen MR) is 71.0 cm³/mol. The maximum absolute atomic E-state index is 12.3. The molecule has 1 aromatic rings. The molecule has 98 valence electrons. The monoisotopic (exact) mass is 248 g/mol. The lowest BCUT2D eigenvalue weighted by Gasteiger charge is -2.27. The molecule has 0 saturated carbocycles. The van der Waals surface area contributed by atoms with E-state index in [1.54, 1.807) is 12.1 Å². The summed E-state index contributed by atoms with van der Waals surface area (Å²) < 4.78 is 0. The number of carbonyl (C=O) groups is 1. The van der Waals surface area contributed by atoms with Gasteiger partial charge in [-0.05, 0) is 29.7 Å². The average molecular weight is 248 g/mol. The standard InChI is InChI=1S/C14H20N2O2/c1-10(2)12-9-11(3-4-13(12)17)14(18)16-7-5-15-6-8-16/h3-4,9-10,15,17H,5-8H2,1-2H3. The molecule has 1 aliphatic heterocycles. The quantitative estimate of drug-likeness (QED) is 0.835. The fourth-order valence-electron chi connectivity index (χ4n) is 2.20. The molecule has 0 aromatic heterocycles. The first-order chi connectivity index (χ1) is 8.59. The van der Waals surface area contributed by atoms with Crippen molar-refractivity contribution in [2.24, 2.45) is 0 Å². The molecule has 1 amide bonds. The van der Waals surface area contributed by atoms with Gasteiger partial charge in [-0.15, -0.1) is 0 Å². The van der Waals surface area contributed by atoms with Crippen LogP contribution < -0.4 is 5.32 Å². The van der Waals surface area contributed by atoms with E-state index >= 15 is 0 Å². The van der Waals surface area contributed by atoms with Crippen LogP contribution in [0.3, 0.4) is 0 Å². The number of amides is 1. The van der Waals surface area contributed by atoms with Crippen molar-refractivity contribution >= 4 is 5.91 Å². The van der Waals surface area contributed by atoms with Crippen LogP contribution in [0.2, 0.25) is 0 Å². The highest BCUT2D eigenvalue weighted by Gasteiger charge is 2.19. The van der Waals surface area contributed by atoms with E-state index in [-0.39, 0.29) is 17.6 Å². The lowest BCUT2D eigenvalue weighted by atomic mass is 9.99. The Morgan fingerprint density at radius 3 is 2.61 bits per heavy atom. The van der Waals surface area contributed by atoms with Crippen LogP contribution in [0.15, 0.2) is 18.2 Å². The second kappa shape index (κ2) is 5.40. The number of aromatic hydroxyl groups is 1. The number of phenolic OH excluding ortho intramolecular Hbond substituents is 1. The smallest absolute Gasteiger partial charge is 0.253 e. The van der Waals surface area contributed by atoms with Crippen LogP contribution in [-0.2, 0) is 0 Å². The first kappa shape index (κ1) is 12.9. The van der Waals surface area contributed by atoms with E-state index in [4.69, 9.17) is 0 Å². The van der Waals surface area contributed by atoms with Gasteiger partial charge >= 0.3 is 0 Å². The number of carbonyl (C=O) groups excluding carboxylic acids is 1. The summed E-state index contributed by atoms with van der Waals surface area (Å²) in [5.74, 6) is 0.529. The highest BCUT2D eigenvalue weighted by atomic mass is 16.3. The van der Waals surface area contributed by atoms with E-state index in [0.717, 1.165) is 31.7 Å². The van der Waals surface area contributed by atoms with E-state index in [9.17, 15) is 9.90 Å². The number of phenols is 1. The topological polar surface area (TPSA) is 52.6 Å². The molecule has 2 N–H and O–H groups in total. The summed E-state index contributed by atoms with van der Waals surface area (Å²) in [4.78, 5) is 14.2. The zero-order valence-electron chi connectivity index (χ0n) is 10.9. The number of nitrogens with one attached hydrogen (secondary N) is 1. The summed E-state index contributed by atoms with van der Waals surface area (Å²) in [5.41, 5.74) is 1.49. The molecular formula is C14H20N2O2. The third kappa shape index (κ3) is 2.64. The summed E-state index contributed by atoms with van der Waals surface area (Å²) in [6.07, 6.45) is 0. The van der Waals surface area contributed by atoms with Crippen LogP contribution in [-0.4, -0.2) is 42.1 Å². The maximum Gasteiger partial charge on any atom is 0.253 e. The zero-order valence-corrected chi connectivity index (χ0v) is 10.9. The van der Waals surface area contributed by atoms with E-state index < -0.39 is 0 Å². The number of piperazine rings is 1. The van der Waals surface area contributed by atoms with Crippen LogP contribution >= 0.6 is 0 Å². The van der Waals surface area contributed by atoms with Gasteiger partial charge in [0.1, 0.15) is 5.75 Å². The van der Waals surface area contributed by atoms with E-state index in [1.165, 1.54) is 0 Å². The number of hydrogen-bond acceptors (Lipinski definition) is 3. The van der Waals surface area contributed by atoms with Gasteiger partial charge in [-0.25, -0.2) is 0 Å². The molecule has 4 nitrogen and oxygen atoms in total. The van der Waals surface area contributed by atoms with Crippen molar-refractivity contribution in [3.8, 4) is 5.75 Å². The summed E-state index contributed by atoms with van der Waals surface area (Å²) in [5, 5.41) is 13.0. The molecular weight excluding hydrogens is 228 g/mol. The Morgan fingerprint density at radius 2 is 2.00 bits per heavy atom. The number of rotatable bonds is 2. The van der Waals surface area contributed by atoms with Gasteiger partial charge < -0.3 is 15.3 Å². The maximum atomic E-state index is 12.3. The summed E-state index contributed by atoms with van der Waals surface area (Å²) >= 11 is 0. The Hall–Kier alpha value is -1.55. The molecule has 4 heteroatoms. The summed E-state index contributed by atoms with van der Waals surface area (Å²) in [7, 11) is 0. The molecule has 18 heavy (non-hydrogen) atoms. The second-order valence-electron chi connectivity index (χ2n) is 4.97. The first-order valence-corrected chi connectivity index (χ1v) is 6.42. The minimum atomic E-state index is 0.0541. The van der Waals surface area contributed by atoms with Gasteiger partial charge in [-0.2, -0.15) is 0 Å². The molecule has 0 unspecified atom stereocenters. The summed E-state index contributed by atoms with van der Waals surface area (Å²) in [6, 6.07) is 5.13. The van der Waals surface area contributed by atoms with Gasteiger partial charge in [-0.1, -0.05) is 13.8 Å². The SMILES string of the molecule is CC(C)c1cc(C(=O)N2CCNCC2)ccc1O. The van der Waals surface area contributed by atoms with Crippen molar-refractivity contribution in [3.63, 3.8) is 0 Å². The Kier molecular flexibility index (Phi) is 3.87. The normalized spacial score (nSPS) is 16.1. The number of benzene rings is 1. The Morgan fingerprint density at radius 1 is 1.33 bits per heavy atom. The van der Waals surface area contributed by atoms with Gasteiger partial charge in [-0.3, -0.25) is 4.79 Å². The Labute approximate surface area is 108 Å². The molecule has 0 bridgehead atoms. The lowest BCUT2D eigenvalue weighted by Crippen LogP contribution is -2.46. The minimum Gasteiger partial charge on any atom is -0.508 e. The molecule has 0 spiro atoms. The molecule has 1 aromatic carbocycles. The van der Waals surface area contributed by atoms with Gasteiger partial charge in [0.15, 0.2) is 0 Å². The van der Waals surface area contributed by atoms with Gasteiger partial charge in [0.2, 0.25) is 0 Å². The van der Waals surface area contributed by atoms with Crippen LogP contribution in [0.4, 0.5) is 0 Å². The van der Waals surface area contributed by atoms with E-state index in [1.807, 2.05) is 24.8 Å². The van der Waals surface area contributed by atoms with Crippen molar-refractivity contribution in [2.45, 2.75) is 19.8 Å². The molecule has 0 atom stereocenters. The van der Waals surface area contributed by atoms with Gasteiger partial charge in [0.05, 0.1) is 0 Å². The molecule has 1 fully saturated rings. The third-order valence-electron chi connectivity index (χ3n) is 3.30. The molecule has 2 rings (SSSR count). The van der Waals surface area contributed by atoms with Crippen LogP contribution in [0.5, 0.6) is 5.75 Å². The molecule has 1 aliphatic rings. The average Bonchev–Trinajstić information content (AvgIpc) is 2.39. The third-order valence-corrected chi connectivity index (χ3v) is 3.30. The van der Waals surface area contributed by atoms with Gasteiger partial charge in [0.25, 0.3) is 5.91 Å². The molecule has 1 heterocycles. The highest BCUT2D eigenvalue weighted by Crippen LogP contribution is 2.26. The Balaban J connectivity index is 2.22. The van der Waals surface area contributed by atoms with Gasteiger partial charge in [0, 0.05) is 31.7 Å². The van der Waals surface area contributed by atoms with Crippen molar-refractivity contribution < 1.29 is 9.90 Å².